The maximum absolute atomic E-state index is 12.1. The fourth-order valence-corrected chi connectivity index (χ4v) is 4.25. The van der Waals surface area contributed by atoms with Gasteiger partial charge in [-0.1, -0.05) is 37.9 Å². The van der Waals surface area contributed by atoms with Crippen molar-refractivity contribution in [2.75, 3.05) is 0 Å². The van der Waals surface area contributed by atoms with Crippen molar-refractivity contribution >= 4 is 41.9 Å². The van der Waals surface area contributed by atoms with E-state index < -0.39 is 15.6 Å². The summed E-state index contributed by atoms with van der Waals surface area (Å²) in [6.07, 6.45) is 0. The molecule has 0 spiro atoms. The van der Waals surface area contributed by atoms with E-state index in [2.05, 4.69) is 36.6 Å². The molecule has 96 valence electrons. The van der Waals surface area contributed by atoms with Crippen LogP contribution in [0.15, 0.2) is 27.6 Å². The minimum Gasteiger partial charge on any atom is -0.207 e. The van der Waals surface area contributed by atoms with Crippen molar-refractivity contribution in [2.45, 2.75) is 36.5 Å². The predicted molar refractivity (Wildman–Crippen MR) is 76.8 cm³/mol. The molecule has 6 heteroatoms. The molecule has 0 saturated heterocycles. The number of hydrogen-bond acceptors (Lipinski definition) is 2. The number of halogens is 2. The van der Waals surface area contributed by atoms with Crippen LogP contribution in [0.1, 0.15) is 26.3 Å². The highest BCUT2D eigenvalue weighted by Crippen LogP contribution is 2.23. The molecule has 0 amide bonds. The van der Waals surface area contributed by atoms with E-state index in [-0.39, 0.29) is 4.90 Å². The van der Waals surface area contributed by atoms with Crippen molar-refractivity contribution < 1.29 is 8.42 Å². The highest BCUT2D eigenvalue weighted by Gasteiger charge is 2.22. The van der Waals surface area contributed by atoms with E-state index >= 15 is 0 Å². The summed E-state index contributed by atoms with van der Waals surface area (Å²) < 4.78 is 27.5. The van der Waals surface area contributed by atoms with Gasteiger partial charge in [-0.2, -0.15) is 0 Å². The zero-order chi connectivity index (χ0) is 13.3. The van der Waals surface area contributed by atoms with Crippen LogP contribution in [0.3, 0.4) is 0 Å². The molecule has 3 nitrogen and oxygen atoms in total. The summed E-state index contributed by atoms with van der Waals surface area (Å²) in [6.45, 7) is 5.44. The lowest BCUT2D eigenvalue weighted by molar-refractivity contribution is 0.491. The summed E-state index contributed by atoms with van der Waals surface area (Å²) in [5, 5.41) is 0.681. The zero-order valence-corrected chi connectivity index (χ0v) is 13.9. The van der Waals surface area contributed by atoms with Crippen molar-refractivity contribution in [2.24, 2.45) is 0 Å². The first-order valence-electron chi connectivity index (χ1n) is 5.04. The lowest BCUT2D eigenvalue weighted by atomic mass is 10.1. The molecule has 1 rings (SSSR count). The molecular weight excluding hydrogens is 370 g/mol. The van der Waals surface area contributed by atoms with Crippen molar-refractivity contribution in [3.63, 3.8) is 0 Å². The molecule has 0 heterocycles. The number of hydrogen-bond donors (Lipinski definition) is 1. The van der Waals surface area contributed by atoms with Crippen LogP contribution in [0.2, 0.25) is 0 Å². The van der Waals surface area contributed by atoms with Crippen LogP contribution in [-0.4, -0.2) is 14.0 Å². The molecule has 0 unspecified atom stereocenters. The minimum absolute atomic E-state index is 0.268. The first-order valence-corrected chi connectivity index (χ1v) is 8.44. The normalized spacial score (nSPS) is 12.8. The summed E-state index contributed by atoms with van der Waals surface area (Å²) in [4.78, 5) is 0.268. The summed E-state index contributed by atoms with van der Waals surface area (Å²) >= 11 is 6.69. The third-order valence-electron chi connectivity index (χ3n) is 1.92. The molecule has 0 saturated carbocycles. The molecule has 0 bridgehead atoms. The largest absolute Gasteiger partial charge is 0.241 e. The first kappa shape index (κ1) is 15.1. The van der Waals surface area contributed by atoms with Crippen molar-refractivity contribution in [3.8, 4) is 0 Å². The second-order valence-corrected chi connectivity index (χ2v) is 7.84. The Labute approximate surface area is 119 Å². The number of alkyl halides is 1. The monoisotopic (exact) mass is 383 g/mol. The third kappa shape index (κ3) is 4.35. The molecular formula is C11H15Br2NO2S. The molecule has 0 atom stereocenters. The topological polar surface area (TPSA) is 46.2 Å². The second kappa shape index (κ2) is 5.38. The van der Waals surface area contributed by atoms with Gasteiger partial charge in [0, 0.05) is 15.3 Å². The van der Waals surface area contributed by atoms with E-state index in [1.165, 1.54) is 0 Å². The number of sulfonamides is 1. The van der Waals surface area contributed by atoms with E-state index in [1.807, 2.05) is 20.8 Å². The van der Waals surface area contributed by atoms with E-state index in [9.17, 15) is 8.42 Å². The summed E-state index contributed by atoms with van der Waals surface area (Å²) in [7, 11) is -3.46. The smallest absolute Gasteiger partial charge is 0.207 e. The Morgan fingerprint density at radius 2 is 1.88 bits per heavy atom. The molecule has 0 aromatic heterocycles. The molecule has 1 N–H and O–H groups in total. The van der Waals surface area contributed by atoms with Crippen molar-refractivity contribution in [1.82, 2.24) is 4.72 Å². The Morgan fingerprint density at radius 1 is 1.29 bits per heavy atom. The molecule has 0 aliphatic rings. The number of benzene rings is 1. The standard InChI is InChI=1S/C11H15Br2NO2S/c1-11(2,3)14-17(15,16)9-5-4-8(7-12)10(13)6-9/h4-6,14H,7H2,1-3H3. The Hall–Kier alpha value is 0.0900. The van der Waals surface area contributed by atoms with Gasteiger partial charge in [0.15, 0.2) is 0 Å². The number of nitrogens with one attached hydrogen (secondary N) is 1. The van der Waals surface area contributed by atoms with Gasteiger partial charge in [0.2, 0.25) is 10.0 Å². The Kier molecular flexibility index (Phi) is 4.80. The first-order chi connectivity index (χ1) is 7.65. The number of rotatable bonds is 3. The zero-order valence-electron chi connectivity index (χ0n) is 9.92. The molecule has 0 aliphatic heterocycles. The van der Waals surface area contributed by atoms with Gasteiger partial charge in [0.25, 0.3) is 0 Å². The van der Waals surface area contributed by atoms with Crippen molar-refractivity contribution in [1.29, 1.82) is 0 Å². The van der Waals surface area contributed by atoms with Gasteiger partial charge in [-0.3, -0.25) is 0 Å². The van der Waals surface area contributed by atoms with Crippen LogP contribution in [0.5, 0.6) is 0 Å². The van der Waals surface area contributed by atoms with Gasteiger partial charge in [0.05, 0.1) is 4.90 Å². The van der Waals surface area contributed by atoms with Gasteiger partial charge in [0.1, 0.15) is 0 Å². The Morgan fingerprint density at radius 3 is 2.29 bits per heavy atom. The molecule has 0 fully saturated rings. The highest BCUT2D eigenvalue weighted by molar-refractivity contribution is 9.10. The van der Waals surface area contributed by atoms with Crippen LogP contribution in [0.25, 0.3) is 0 Å². The molecule has 0 radical (unpaired) electrons. The molecule has 0 aliphatic carbocycles. The van der Waals surface area contributed by atoms with E-state index in [0.29, 0.717) is 5.33 Å². The fraction of sp³-hybridized carbons (Fsp3) is 0.455. The Balaban J connectivity index is 3.13. The second-order valence-electron chi connectivity index (χ2n) is 4.74. The minimum atomic E-state index is -3.46. The van der Waals surface area contributed by atoms with E-state index in [0.717, 1.165) is 10.0 Å². The Bertz CT molecular complexity index is 507. The van der Waals surface area contributed by atoms with Gasteiger partial charge in [-0.05, 0) is 38.5 Å². The molecule has 1 aromatic carbocycles. The van der Waals surface area contributed by atoms with Gasteiger partial charge < -0.3 is 0 Å². The third-order valence-corrected chi connectivity index (χ3v) is 5.02. The SMILES string of the molecule is CC(C)(C)NS(=O)(=O)c1ccc(CBr)c(Br)c1. The van der Waals surface area contributed by atoms with E-state index in [1.54, 1.807) is 18.2 Å². The van der Waals surface area contributed by atoms with Gasteiger partial charge in [-0.15, -0.1) is 0 Å². The molecule has 17 heavy (non-hydrogen) atoms. The average Bonchev–Trinajstić information content (AvgIpc) is 2.13. The van der Waals surface area contributed by atoms with Crippen LogP contribution < -0.4 is 4.72 Å². The van der Waals surface area contributed by atoms with Crippen molar-refractivity contribution in [3.05, 3.63) is 28.2 Å². The lowest BCUT2D eigenvalue weighted by Gasteiger charge is -2.20. The quantitative estimate of drug-likeness (QED) is 0.811. The summed E-state index contributed by atoms with van der Waals surface area (Å²) in [5.41, 5.74) is 0.527. The van der Waals surface area contributed by atoms with Crippen LogP contribution >= 0.6 is 31.9 Å². The lowest BCUT2D eigenvalue weighted by Crippen LogP contribution is -2.40. The van der Waals surface area contributed by atoms with Crippen LogP contribution in [0.4, 0.5) is 0 Å². The van der Waals surface area contributed by atoms with E-state index in [4.69, 9.17) is 0 Å². The maximum Gasteiger partial charge on any atom is 0.241 e. The fourth-order valence-electron chi connectivity index (χ4n) is 1.27. The highest BCUT2D eigenvalue weighted by atomic mass is 79.9. The van der Waals surface area contributed by atoms with Crippen LogP contribution in [-0.2, 0) is 15.4 Å². The van der Waals surface area contributed by atoms with Crippen LogP contribution in [0, 0.1) is 0 Å². The summed E-state index contributed by atoms with van der Waals surface area (Å²) in [5.74, 6) is 0. The summed E-state index contributed by atoms with van der Waals surface area (Å²) in [6, 6.07) is 5.01. The van der Waals surface area contributed by atoms with Gasteiger partial charge >= 0.3 is 0 Å². The predicted octanol–water partition coefficient (Wildman–Crippen LogP) is 3.42. The average molecular weight is 385 g/mol. The van der Waals surface area contributed by atoms with Gasteiger partial charge in [-0.25, -0.2) is 13.1 Å². The molecule has 1 aromatic rings. The maximum atomic E-state index is 12.1.